The fraction of sp³-hybridized carbons (Fsp3) is 0.212. The fourth-order valence-electron chi connectivity index (χ4n) is 4.66. The van der Waals surface area contributed by atoms with Crippen LogP contribution in [0, 0.1) is 0 Å². The van der Waals surface area contributed by atoms with E-state index in [1.54, 1.807) is 36.4 Å². The van der Waals surface area contributed by atoms with Crippen LogP contribution in [-0.2, 0) is 32.6 Å². The number of hydrogen-bond acceptors (Lipinski definition) is 4. The SMILES string of the molecule is CC(C)NC(=O)C(Cc1ccccc1)N(Cc1ccc(Cl)cc1Cl)C(=O)CN(c1cccc(Cl)c1)S(=O)(=O)c1ccc(Cl)cc1. The number of hydrogen-bond donors (Lipinski definition) is 1. The highest BCUT2D eigenvalue weighted by Gasteiger charge is 2.35. The van der Waals surface area contributed by atoms with Gasteiger partial charge in [0, 0.05) is 39.1 Å². The zero-order chi connectivity index (χ0) is 32.7. The molecule has 12 heteroatoms. The molecule has 0 fully saturated rings. The van der Waals surface area contributed by atoms with Gasteiger partial charge in [0.15, 0.2) is 0 Å². The summed E-state index contributed by atoms with van der Waals surface area (Å²) in [4.78, 5) is 29.5. The largest absolute Gasteiger partial charge is 0.352 e. The molecule has 0 aliphatic carbocycles. The van der Waals surface area contributed by atoms with Crippen molar-refractivity contribution in [3.05, 3.63) is 128 Å². The van der Waals surface area contributed by atoms with Gasteiger partial charge in [-0.05, 0) is 79.6 Å². The first-order chi connectivity index (χ1) is 21.3. The smallest absolute Gasteiger partial charge is 0.264 e. The van der Waals surface area contributed by atoms with Crippen molar-refractivity contribution in [3.8, 4) is 0 Å². The molecule has 0 spiro atoms. The van der Waals surface area contributed by atoms with Gasteiger partial charge in [-0.2, -0.15) is 0 Å². The topological polar surface area (TPSA) is 86.8 Å². The van der Waals surface area contributed by atoms with Gasteiger partial charge >= 0.3 is 0 Å². The summed E-state index contributed by atoms with van der Waals surface area (Å²) >= 11 is 25.0. The lowest BCUT2D eigenvalue weighted by Crippen LogP contribution is -2.54. The molecule has 0 heterocycles. The third-order valence-corrected chi connectivity index (χ3v) is 9.70. The zero-order valence-corrected chi connectivity index (χ0v) is 28.3. The van der Waals surface area contributed by atoms with Crippen LogP contribution in [0.1, 0.15) is 25.0 Å². The van der Waals surface area contributed by atoms with Gasteiger partial charge in [0.25, 0.3) is 10.0 Å². The number of halogens is 4. The van der Waals surface area contributed by atoms with E-state index >= 15 is 0 Å². The van der Waals surface area contributed by atoms with Gasteiger partial charge in [-0.1, -0.05) is 88.9 Å². The van der Waals surface area contributed by atoms with Crippen molar-refractivity contribution in [2.24, 2.45) is 0 Å². The molecular formula is C33H31Cl4N3O4S. The predicted molar refractivity (Wildman–Crippen MR) is 182 cm³/mol. The third kappa shape index (κ3) is 9.15. The van der Waals surface area contributed by atoms with Crippen molar-refractivity contribution in [2.75, 3.05) is 10.8 Å². The lowest BCUT2D eigenvalue weighted by molar-refractivity contribution is -0.140. The van der Waals surface area contributed by atoms with Crippen LogP contribution in [0.15, 0.2) is 102 Å². The van der Waals surface area contributed by atoms with Crippen LogP contribution in [0.4, 0.5) is 5.69 Å². The number of carbonyl (C=O) groups is 2. The number of sulfonamides is 1. The summed E-state index contributed by atoms with van der Waals surface area (Å²) in [5, 5.41) is 4.24. The maximum absolute atomic E-state index is 14.5. The molecule has 0 saturated heterocycles. The second kappa shape index (κ2) is 15.3. The van der Waals surface area contributed by atoms with Crippen molar-refractivity contribution >= 4 is 73.9 Å². The third-order valence-electron chi connectivity index (χ3n) is 6.83. The highest BCUT2D eigenvalue weighted by atomic mass is 35.5. The summed E-state index contributed by atoms with van der Waals surface area (Å²) in [6.07, 6.45) is 0.164. The number of carbonyl (C=O) groups excluding carboxylic acids is 2. The molecule has 45 heavy (non-hydrogen) atoms. The van der Waals surface area contributed by atoms with Crippen LogP contribution in [-0.4, -0.2) is 43.8 Å². The van der Waals surface area contributed by atoms with E-state index in [4.69, 9.17) is 46.4 Å². The molecule has 236 valence electrons. The molecule has 4 aromatic rings. The number of rotatable bonds is 12. The molecule has 1 unspecified atom stereocenters. The van der Waals surface area contributed by atoms with Gasteiger partial charge < -0.3 is 10.2 Å². The Morgan fingerprint density at radius 2 is 1.42 bits per heavy atom. The first-order valence-corrected chi connectivity index (χ1v) is 16.9. The summed E-state index contributed by atoms with van der Waals surface area (Å²) in [6.45, 7) is 2.90. The van der Waals surface area contributed by atoms with Gasteiger partial charge in [0.05, 0.1) is 10.6 Å². The second-order valence-corrected chi connectivity index (χ2v) is 14.2. The summed E-state index contributed by atoms with van der Waals surface area (Å²) < 4.78 is 29.1. The molecule has 1 N–H and O–H groups in total. The van der Waals surface area contributed by atoms with Crippen molar-refractivity contribution in [1.82, 2.24) is 10.2 Å². The van der Waals surface area contributed by atoms with Crippen LogP contribution >= 0.6 is 46.4 Å². The summed E-state index contributed by atoms with van der Waals surface area (Å²) in [5.74, 6) is -1.04. The van der Waals surface area contributed by atoms with Crippen molar-refractivity contribution < 1.29 is 18.0 Å². The molecule has 0 aliphatic rings. The number of anilines is 1. The highest BCUT2D eigenvalue weighted by molar-refractivity contribution is 7.92. The lowest BCUT2D eigenvalue weighted by Gasteiger charge is -2.34. The first-order valence-electron chi connectivity index (χ1n) is 14.0. The van der Waals surface area contributed by atoms with Gasteiger partial charge in [0.2, 0.25) is 11.8 Å². The Bertz CT molecular complexity index is 1750. The summed E-state index contributed by atoms with van der Waals surface area (Å²) in [6, 6.07) is 24.7. The molecule has 0 aliphatic heterocycles. The molecule has 0 bridgehead atoms. The molecular weight excluding hydrogens is 676 g/mol. The van der Waals surface area contributed by atoms with Gasteiger partial charge in [-0.15, -0.1) is 0 Å². The molecule has 2 amide bonds. The second-order valence-electron chi connectivity index (χ2n) is 10.6. The predicted octanol–water partition coefficient (Wildman–Crippen LogP) is 7.66. The Hall–Kier alpha value is -3.27. The van der Waals surface area contributed by atoms with Gasteiger partial charge in [-0.25, -0.2) is 8.42 Å². The molecule has 7 nitrogen and oxygen atoms in total. The molecule has 1 atom stereocenters. The van der Waals surface area contributed by atoms with Crippen LogP contribution < -0.4 is 9.62 Å². The van der Waals surface area contributed by atoms with E-state index in [1.165, 1.54) is 35.2 Å². The van der Waals surface area contributed by atoms with E-state index in [0.717, 1.165) is 9.87 Å². The molecule has 0 saturated carbocycles. The Labute approximate surface area is 283 Å². The summed E-state index contributed by atoms with van der Waals surface area (Å²) in [7, 11) is -4.30. The van der Waals surface area contributed by atoms with E-state index in [0.29, 0.717) is 20.6 Å². The van der Waals surface area contributed by atoms with E-state index in [2.05, 4.69) is 5.32 Å². The Kier molecular flexibility index (Phi) is 11.8. The average Bonchev–Trinajstić information content (AvgIpc) is 2.98. The normalized spacial score (nSPS) is 12.1. The van der Waals surface area contributed by atoms with E-state index in [-0.39, 0.29) is 34.6 Å². The molecule has 4 aromatic carbocycles. The lowest BCUT2D eigenvalue weighted by atomic mass is 10.0. The molecule has 0 aromatic heterocycles. The summed E-state index contributed by atoms with van der Waals surface area (Å²) in [5.41, 5.74) is 1.50. The van der Waals surface area contributed by atoms with Crippen LogP contribution in [0.25, 0.3) is 0 Å². The van der Waals surface area contributed by atoms with Gasteiger partial charge in [-0.3, -0.25) is 13.9 Å². The maximum Gasteiger partial charge on any atom is 0.264 e. The zero-order valence-electron chi connectivity index (χ0n) is 24.5. The number of nitrogens with one attached hydrogen (secondary N) is 1. The number of benzene rings is 4. The minimum Gasteiger partial charge on any atom is -0.352 e. The highest BCUT2D eigenvalue weighted by Crippen LogP contribution is 2.29. The van der Waals surface area contributed by atoms with Crippen LogP contribution in [0.2, 0.25) is 20.1 Å². The van der Waals surface area contributed by atoms with Crippen molar-refractivity contribution in [3.63, 3.8) is 0 Å². The van der Waals surface area contributed by atoms with Crippen molar-refractivity contribution in [2.45, 2.75) is 43.8 Å². The van der Waals surface area contributed by atoms with E-state index < -0.39 is 34.4 Å². The number of nitrogens with zero attached hydrogens (tertiary/aromatic N) is 2. The Balaban J connectivity index is 1.83. The number of amides is 2. The minimum atomic E-state index is -4.30. The van der Waals surface area contributed by atoms with Gasteiger partial charge in [0.1, 0.15) is 12.6 Å². The molecule has 0 radical (unpaired) electrons. The Morgan fingerprint density at radius 1 is 0.778 bits per heavy atom. The monoisotopic (exact) mass is 705 g/mol. The van der Waals surface area contributed by atoms with Crippen molar-refractivity contribution in [1.29, 1.82) is 0 Å². The van der Waals surface area contributed by atoms with E-state index in [9.17, 15) is 18.0 Å². The Morgan fingerprint density at radius 3 is 2.04 bits per heavy atom. The molecule has 4 rings (SSSR count). The standard InChI is InChI=1S/C33H31Cl4N3O4S/c1-22(2)38-33(42)31(17-23-7-4-3-5-8-23)39(20-24-11-12-27(36)19-30(24)37)32(41)21-40(28-10-6-9-26(35)18-28)45(43,44)29-15-13-25(34)14-16-29/h3-16,18-19,22,31H,17,20-21H2,1-2H3,(H,38,42). The first kappa shape index (κ1) is 34.6. The van der Waals surface area contributed by atoms with Crippen LogP contribution in [0.3, 0.4) is 0 Å². The minimum absolute atomic E-state index is 0.0784. The fourth-order valence-corrected chi connectivity index (χ4v) is 6.85. The average molecular weight is 708 g/mol. The quantitative estimate of drug-likeness (QED) is 0.164. The van der Waals surface area contributed by atoms with Crippen LogP contribution in [0.5, 0.6) is 0 Å². The maximum atomic E-state index is 14.5. The van der Waals surface area contributed by atoms with E-state index in [1.807, 2.05) is 44.2 Å².